The second-order valence-corrected chi connectivity index (χ2v) is 19.2. The number of anilines is 2. The van der Waals surface area contributed by atoms with Gasteiger partial charge >= 0.3 is 0 Å². The van der Waals surface area contributed by atoms with Crippen LogP contribution < -0.4 is 15.4 Å². The predicted molar refractivity (Wildman–Crippen MR) is 289 cm³/mol. The van der Waals surface area contributed by atoms with Gasteiger partial charge in [-0.05, 0) is 104 Å². The summed E-state index contributed by atoms with van der Waals surface area (Å²) in [6.45, 7) is 6.75. The van der Waals surface area contributed by atoms with Gasteiger partial charge in [-0.15, -0.1) is 0 Å². The van der Waals surface area contributed by atoms with Crippen molar-refractivity contribution in [2.75, 3.05) is 69.6 Å². The number of amides is 6. The van der Waals surface area contributed by atoms with Crippen LogP contribution >= 0.6 is 0 Å². The number of rotatable bonds is 14. The first-order chi connectivity index (χ1) is 37.5. The molecule has 2 N–H and O–H groups in total. The Bertz CT molecular complexity index is 3440. The number of carbonyl (C=O) groups is 6. The van der Waals surface area contributed by atoms with E-state index >= 15 is 0 Å². The number of ether oxygens (including phenoxy) is 1. The smallest absolute Gasteiger partial charge is 0.274 e. The van der Waals surface area contributed by atoms with Crippen LogP contribution in [0.1, 0.15) is 67.2 Å². The first-order valence-electron chi connectivity index (χ1n) is 25.9. The fourth-order valence-corrected chi connectivity index (χ4v) is 9.10. The zero-order valence-corrected chi connectivity index (χ0v) is 42.7. The first-order valence-corrected chi connectivity index (χ1v) is 25.9. The lowest BCUT2D eigenvalue weighted by molar-refractivity contribution is -0.134. The molecule has 8 aromatic rings. The molecule has 4 aromatic heterocycles. The second-order valence-electron chi connectivity index (χ2n) is 19.2. The Hall–Kier alpha value is -9.26. The summed E-state index contributed by atoms with van der Waals surface area (Å²) < 4.78 is 8.92. The molecule has 4 aromatic carbocycles. The number of hydrogen-bond acceptors (Lipinski definition) is 11. The SMILES string of the molecule is CCc1cccc(C(=O)Nc2ccc3nn(CC(=O)N4CCN(C(=O)c5ccccc5)CC4)cc3c2)n1.O=C(Nc1ccc2nn(CC(=O)N3CCN(C(=O)c4ccccc4)CC3)cc2c1)c1cccc(OCC2CC2)n1. The minimum absolute atomic E-state index is 0.0113. The molecule has 11 rings (SSSR count). The third-order valence-electron chi connectivity index (χ3n) is 13.6. The van der Waals surface area contributed by atoms with Crippen LogP contribution in [0.2, 0.25) is 0 Å². The second kappa shape index (κ2) is 23.5. The number of piperazine rings is 2. The molecule has 1 saturated carbocycles. The summed E-state index contributed by atoms with van der Waals surface area (Å²) in [5.41, 5.74) is 5.51. The van der Waals surface area contributed by atoms with Gasteiger partial charge in [-0.3, -0.25) is 38.1 Å². The Morgan fingerprint density at radius 2 is 0.974 bits per heavy atom. The Morgan fingerprint density at radius 1 is 0.519 bits per heavy atom. The average Bonchev–Trinajstić information content (AvgIpc) is 4.11. The molecule has 0 unspecified atom stereocenters. The molecule has 2 aliphatic heterocycles. The maximum atomic E-state index is 13.0. The standard InChI is InChI=1S/C30H30N6O4.C28H28N6O3/c37-28(34-13-15-35(16-14-34)30(39)22-5-2-1-3-6-22)19-36-18-23-17-24(11-12-25(23)33-36)31-29(38)26-7-4-8-27(32-26)40-20-21-9-10-21;1-2-22-9-6-10-25(29-22)27(36)30-23-11-12-24-21(17-23)18-34(31-24)19-26(35)32-13-15-33(16-14-32)28(37)20-7-4-3-5-8-20/h1-8,11-12,17-18,21H,9-10,13-16,19-20H2,(H,31,38);3-12,17-18H,2,13-16,19H2,1H3,(H,30,36). The highest BCUT2D eigenvalue weighted by Gasteiger charge is 2.27. The Kier molecular flexibility index (Phi) is 15.7. The van der Waals surface area contributed by atoms with Gasteiger partial charge in [-0.1, -0.05) is 55.5 Å². The molecule has 3 fully saturated rings. The number of aromatic nitrogens is 6. The summed E-state index contributed by atoms with van der Waals surface area (Å²) >= 11 is 0. The van der Waals surface area contributed by atoms with Crippen LogP contribution in [0.15, 0.2) is 146 Å². The molecule has 77 heavy (non-hydrogen) atoms. The highest BCUT2D eigenvalue weighted by atomic mass is 16.5. The van der Waals surface area contributed by atoms with Crippen molar-refractivity contribution in [1.29, 1.82) is 0 Å². The van der Waals surface area contributed by atoms with E-state index in [9.17, 15) is 28.8 Å². The molecule has 6 amide bonds. The first kappa shape index (κ1) is 51.2. The molecule has 1 aliphatic carbocycles. The van der Waals surface area contributed by atoms with Crippen LogP contribution in [0.3, 0.4) is 0 Å². The minimum atomic E-state index is -0.330. The van der Waals surface area contributed by atoms with Gasteiger partial charge in [-0.2, -0.15) is 10.2 Å². The van der Waals surface area contributed by atoms with E-state index in [0.717, 1.165) is 33.9 Å². The monoisotopic (exact) mass is 1030 g/mol. The average molecular weight is 1040 g/mol. The zero-order valence-electron chi connectivity index (χ0n) is 42.7. The van der Waals surface area contributed by atoms with Crippen LogP contribution in [0.4, 0.5) is 11.4 Å². The van der Waals surface area contributed by atoms with Gasteiger partial charge in [0.1, 0.15) is 24.5 Å². The van der Waals surface area contributed by atoms with Gasteiger partial charge in [0.2, 0.25) is 17.7 Å². The molecule has 392 valence electrons. The van der Waals surface area contributed by atoms with Crippen LogP contribution in [0.5, 0.6) is 5.88 Å². The molecular formula is C58H58N12O7. The minimum Gasteiger partial charge on any atom is -0.477 e. The Morgan fingerprint density at radius 3 is 1.44 bits per heavy atom. The zero-order chi connectivity index (χ0) is 53.3. The summed E-state index contributed by atoms with van der Waals surface area (Å²) in [6, 6.07) is 39.8. The summed E-state index contributed by atoms with van der Waals surface area (Å²) in [7, 11) is 0. The van der Waals surface area contributed by atoms with Crippen molar-refractivity contribution >= 4 is 68.6 Å². The number of benzene rings is 4. The van der Waals surface area contributed by atoms with Gasteiger partial charge in [0.15, 0.2) is 0 Å². The van der Waals surface area contributed by atoms with Crippen molar-refractivity contribution in [3.05, 3.63) is 174 Å². The number of hydrogen-bond donors (Lipinski definition) is 2. The molecule has 0 bridgehead atoms. The third-order valence-corrected chi connectivity index (χ3v) is 13.6. The molecule has 19 nitrogen and oxygen atoms in total. The van der Waals surface area contributed by atoms with Gasteiger partial charge in [0.05, 0.1) is 17.6 Å². The lowest BCUT2D eigenvalue weighted by Crippen LogP contribution is -2.51. The van der Waals surface area contributed by atoms with Crippen LogP contribution in [0, 0.1) is 5.92 Å². The van der Waals surface area contributed by atoms with E-state index in [-0.39, 0.29) is 54.2 Å². The number of nitrogens with one attached hydrogen (secondary N) is 2. The molecular weight excluding hydrogens is 977 g/mol. The fourth-order valence-electron chi connectivity index (χ4n) is 9.10. The van der Waals surface area contributed by atoms with Crippen molar-refractivity contribution in [2.24, 2.45) is 5.92 Å². The summed E-state index contributed by atoms with van der Waals surface area (Å²) in [5.74, 6) is 0.319. The van der Waals surface area contributed by atoms with Crippen molar-refractivity contribution < 1.29 is 33.5 Å². The molecule has 2 saturated heterocycles. The fraction of sp³-hybridized carbons (Fsp3) is 0.276. The van der Waals surface area contributed by atoms with Gasteiger partial charge < -0.3 is 35.0 Å². The van der Waals surface area contributed by atoms with Crippen molar-refractivity contribution in [3.8, 4) is 5.88 Å². The number of aryl methyl sites for hydroxylation is 1. The molecule has 19 heteroatoms. The summed E-state index contributed by atoms with van der Waals surface area (Å²) in [4.78, 5) is 92.4. The van der Waals surface area contributed by atoms with Crippen molar-refractivity contribution in [2.45, 2.75) is 39.3 Å². The highest BCUT2D eigenvalue weighted by Crippen LogP contribution is 2.29. The third kappa shape index (κ3) is 13.0. The van der Waals surface area contributed by atoms with Crippen LogP contribution in [-0.2, 0) is 29.1 Å². The van der Waals surface area contributed by atoms with Gasteiger partial charge in [0, 0.05) is 110 Å². The van der Waals surface area contributed by atoms with Gasteiger partial charge in [-0.25, -0.2) is 9.97 Å². The van der Waals surface area contributed by atoms with E-state index in [1.807, 2.05) is 79.7 Å². The number of nitrogens with zero attached hydrogens (tertiary/aromatic N) is 10. The van der Waals surface area contributed by atoms with E-state index in [0.29, 0.717) is 99.0 Å². The molecule has 0 atom stereocenters. The Balaban J connectivity index is 0.000000175. The number of pyridine rings is 2. The predicted octanol–water partition coefficient (Wildman–Crippen LogP) is 6.69. The number of carbonyl (C=O) groups excluding carboxylic acids is 6. The molecule has 3 aliphatic rings. The van der Waals surface area contributed by atoms with E-state index in [1.165, 1.54) is 12.8 Å². The van der Waals surface area contributed by atoms with Gasteiger partial charge in [0.25, 0.3) is 23.6 Å². The quantitative estimate of drug-likeness (QED) is 0.117. The van der Waals surface area contributed by atoms with Crippen molar-refractivity contribution in [3.63, 3.8) is 0 Å². The van der Waals surface area contributed by atoms with Crippen LogP contribution in [-0.4, -0.2) is 144 Å². The summed E-state index contributed by atoms with van der Waals surface area (Å²) in [5, 5.41) is 16.4. The molecule has 0 spiro atoms. The van der Waals surface area contributed by atoms with E-state index < -0.39 is 0 Å². The molecule has 0 radical (unpaired) electrons. The van der Waals surface area contributed by atoms with E-state index in [1.54, 1.807) is 102 Å². The topological polar surface area (TPSA) is 210 Å². The van der Waals surface area contributed by atoms with E-state index in [2.05, 4.69) is 30.8 Å². The summed E-state index contributed by atoms with van der Waals surface area (Å²) in [6.07, 6.45) is 6.71. The van der Waals surface area contributed by atoms with E-state index in [4.69, 9.17) is 4.74 Å². The lowest BCUT2D eigenvalue weighted by Gasteiger charge is -2.34. The molecule has 6 heterocycles. The lowest BCUT2D eigenvalue weighted by atomic mass is 10.2. The maximum absolute atomic E-state index is 13.0. The maximum Gasteiger partial charge on any atom is 0.274 e. The highest BCUT2D eigenvalue weighted by molar-refractivity contribution is 6.05. The normalized spacial score (nSPS) is 14.4. The van der Waals surface area contributed by atoms with Crippen LogP contribution in [0.25, 0.3) is 21.8 Å². The van der Waals surface area contributed by atoms with Crippen molar-refractivity contribution in [1.82, 2.24) is 49.1 Å². The number of fused-ring (bicyclic) bond motifs is 2. The largest absolute Gasteiger partial charge is 0.477 e. The Labute approximate surface area is 444 Å².